The zero-order valence-electron chi connectivity index (χ0n) is 11.7. The van der Waals surface area contributed by atoms with Gasteiger partial charge >= 0.3 is 0 Å². The summed E-state index contributed by atoms with van der Waals surface area (Å²) in [6.07, 6.45) is 0.352. The van der Waals surface area contributed by atoms with Crippen LogP contribution in [0.1, 0.15) is 6.42 Å². The number of nitrogens with one attached hydrogen (secondary N) is 3. The van der Waals surface area contributed by atoms with Crippen LogP contribution in [-0.2, 0) is 9.53 Å². The number of carbonyl (C=O) groups is 1. The van der Waals surface area contributed by atoms with E-state index in [0.717, 1.165) is 10.2 Å². The number of nitrogens with two attached hydrogens (primary N) is 1. The van der Waals surface area contributed by atoms with Crippen LogP contribution in [0.3, 0.4) is 0 Å². The van der Waals surface area contributed by atoms with E-state index in [1.54, 1.807) is 7.11 Å². The van der Waals surface area contributed by atoms with Crippen LogP contribution < -0.4 is 21.9 Å². The lowest BCUT2D eigenvalue weighted by molar-refractivity contribution is -0.121. The Labute approximate surface area is 126 Å². The van der Waals surface area contributed by atoms with E-state index in [9.17, 15) is 4.79 Å². The molecule has 2 aromatic rings. The second-order valence-electron chi connectivity index (χ2n) is 4.20. The molecule has 21 heavy (non-hydrogen) atoms. The normalized spacial score (nSPS) is 10.6. The summed E-state index contributed by atoms with van der Waals surface area (Å²) in [7, 11) is 1.60. The molecule has 114 valence electrons. The summed E-state index contributed by atoms with van der Waals surface area (Å²) >= 11 is 1.50. The number of thiophene rings is 1. The Bertz CT molecular complexity index is 602. The summed E-state index contributed by atoms with van der Waals surface area (Å²) in [5.74, 6) is 6.32. The van der Waals surface area contributed by atoms with Gasteiger partial charge in [-0.15, -0.1) is 11.3 Å². The molecule has 0 unspecified atom stereocenters. The topological polar surface area (TPSA) is 114 Å². The van der Waals surface area contributed by atoms with Crippen LogP contribution in [0.5, 0.6) is 0 Å². The van der Waals surface area contributed by atoms with Gasteiger partial charge in [0, 0.05) is 26.6 Å². The number of hydrogen-bond acceptors (Lipinski definition) is 8. The summed E-state index contributed by atoms with van der Waals surface area (Å²) < 4.78 is 4.87. The number of nitrogen functional groups attached to an aromatic ring is 1. The van der Waals surface area contributed by atoms with Gasteiger partial charge in [0.1, 0.15) is 10.6 Å². The molecule has 2 rings (SSSR count). The minimum absolute atomic E-state index is 0.0349. The number of amides is 1. The fraction of sp³-hybridized carbons (Fsp3) is 0.417. The van der Waals surface area contributed by atoms with E-state index in [4.69, 9.17) is 10.6 Å². The molecule has 8 nitrogen and oxygen atoms in total. The fourth-order valence-electron chi connectivity index (χ4n) is 1.73. The number of carbonyl (C=O) groups excluding carboxylic acids is 1. The number of hydrazine groups is 1. The molecule has 0 aliphatic rings. The van der Waals surface area contributed by atoms with Crippen LogP contribution in [0.15, 0.2) is 11.4 Å². The van der Waals surface area contributed by atoms with E-state index in [0.29, 0.717) is 37.9 Å². The van der Waals surface area contributed by atoms with E-state index in [1.165, 1.54) is 11.3 Å². The van der Waals surface area contributed by atoms with Crippen molar-refractivity contribution in [2.75, 3.05) is 37.5 Å². The lowest BCUT2D eigenvalue weighted by Crippen LogP contribution is -2.28. The molecule has 0 aliphatic heterocycles. The van der Waals surface area contributed by atoms with Crippen molar-refractivity contribution < 1.29 is 9.53 Å². The molecule has 1 amide bonds. The Kier molecular flexibility index (Phi) is 5.67. The van der Waals surface area contributed by atoms with E-state index in [-0.39, 0.29) is 5.91 Å². The highest BCUT2D eigenvalue weighted by Crippen LogP contribution is 2.26. The highest BCUT2D eigenvalue weighted by molar-refractivity contribution is 7.16. The molecule has 0 aliphatic carbocycles. The van der Waals surface area contributed by atoms with E-state index in [2.05, 4.69) is 26.0 Å². The van der Waals surface area contributed by atoms with Gasteiger partial charge in [0.2, 0.25) is 11.9 Å². The smallest absolute Gasteiger partial charge is 0.240 e. The highest BCUT2D eigenvalue weighted by atomic mass is 32.1. The predicted molar refractivity (Wildman–Crippen MR) is 83.2 cm³/mol. The monoisotopic (exact) mass is 310 g/mol. The first-order valence-corrected chi connectivity index (χ1v) is 7.34. The maximum atomic E-state index is 11.6. The molecule has 0 atom stereocenters. The zero-order valence-corrected chi connectivity index (χ0v) is 12.5. The summed E-state index contributed by atoms with van der Waals surface area (Å²) in [6.45, 7) is 1.50. The lowest BCUT2D eigenvalue weighted by atomic mass is 10.3. The Morgan fingerprint density at radius 2 is 2.29 bits per heavy atom. The Balaban J connectivity index is 1.91. The molecule has 0 saturated carbocycles. The number of rotatable bonds is 8. The summed E-state index contributed by atoms with van der Waals surface area (Å²) in [4.78, 5) is 20.9. The summed E-state index contributed by atoms with van der Waals surface area (Å²) in [5.41, 5.74) is 2.43. The van der Waals surface area contributed by atoms with Crippen LogP contribution in [0.2, 0.25) is 0 Å². The number of fused-ring (bicyclic) bond motifs is 1. The van der Waals surface area contributed by atoms with Crippen molar-refractivity contribution in [2.24, 2.45) is 5.84 Å². The van der Waals surface area contributed by atoms with Gasteiger partial charge in [-0.25, -0.2) is 10.8 Å². The standard InChI is InChI=1S/C12H18N6O2S/c1-20-6-5-14-9(19)2-4-15-10-8-3-7-21-11(8)17-12(16-10)18-13/h3,7H,2,4-6,13H2,1H3,(H,14,19)(H2,15,16,17,18). The van der Waals surface area contributed by atoms with Gasteiger partial charge in [0.05, 0.1) is 12.0 Å². The number of ether oxygens (including phenoxy) is 1. The minimum atomic E-state index is -0.0349. The van der Waals surface area contributed by atoms with Crippen molar-refractivity contribution in [1.82, 2.24) is 15.3 Å². The van der Waals surface area contributed by atoms with E-state index >= 15 is 0 Å². The van der Waals surface area contributed by atoms with Crippen LogP contribution in [0, 0.1) is 0 Å². The second kappa shape index (κ2) is 7.72. The molecule has 0 saturated heterocycles. The molecular formula is C12H18N6O2S. The van der Waals surface area contributed by atoms with E-state index < -0.39 is 0 Å². The van der Waals surface area contributed by atoms with Crippen LogP contribution in [0.25, 0.3) is 10.2 Å². The van der Waals surface area contributed by atoms with Gasteiger partial charge in [-0.1, -0.05) is 0 Å². The van der Waals surface area contributed by atoms with Gasteiger partial charge in [-0.2, -0.15) is 4.98 Å². The summed E-state index contributed by atoms with van der Waals surface area (Å²) in [6, 6.07) is 1.93. The molecule has 0 aromatic carbocycles. The lowest BCUT2D eigenvalue weighted by Gasteiger charge is -2.09. The third-order valence-corrected chi connectivity index (χ3v) is 3.53. The number of aromatic nitrogens is 2. The first-order valence-electron chi connectivity index (χ1n) is 6.46. The molecule has 0 radical (unpaired) electrons. The molecular weight excluding hydrogens is 292 g/mol. The third-order valence-electron chi connectivity index (χ3n) is 2.73. The maximum Gasteiger partial charge on any atom is 0.240 e. The van der Waals surface area contributed by atoms with E-state index in [1.807, 2.05) is 11.4 Å². The van der Waals surface area contributed by atoms with Crippen LogP contribution in [0.4, 0.5) is 11.8 Å². The van der Waals surface area contributed by atoms with Crippen molar-refractivity contribution in [3.8, 4) is 0 Å². The van der Waals surface area contributed by atoms with Crippen molar-refractivity contribution in [3.63, 3.8) is 0 Å². The highest BCUT2D eigenvalue weighted by Gasteiger charge is 2.08. The largest absolute Gasteiger partial charge is 0.383 e. The Hall–Kier alpha value is -1.97. The number of anilines is 2. The molecule has 0 bridgehead atoms. The van der Waals surface area contributed by atoms with Gasteiger partial charge in [-0.05, 0) is 11.4 Å². The van der Waals surface area contributed by atoms with Gasteiger partial charge in [-0.3, -0.25) is 10.2 Å². The van der Waals surface area contributed by atoms with Crippen molar-refractivity contribution >= 4 is 39.2 Å². The Morgan fingerprint density at radius 3 is 3.05 bits per heavy atom. The predicted octanol–water partition coefficient (Wildman–Crippen LogP) is 0.541. The molecule has 5 N–H and O–H groups in total. The first-order chi connectivity index (χ1) is 10.2. The molecule has 0 spiro atoms. The first kappa shape index (κ1) is 15.4. The number of methoxy groups -OCH3 is 1. The van der Waals surface area contributed by atoms with Crippen molar-refractivity contribution in [1.29, 1.82) is 0 Å². The molecule has 2 heterocycles. The Morgan fingerprint density at radius 1 is 1.43 bits per heavy atom. The SMILES string of the molecule is COCCNC(=O)CCNc1nc(NN)nc2sccc12. The zero-order chi connectivity index (χ0) is 15.1. The summed E-state index contributed by atoms with van der Waals surface area (Å²) in [5, 5.41) is 8.74. The quantitative estimate of drug-likeness (QED) is 0.320. The van der Waals surface area contributed by atoms with Crippen LogP contribution in [-0.4, -0.2) is 42.7 Å². The third kappa shape index (κ3) is 4.25. The van der Waals surface area contributed by atoms with Gasteiger partial charge in [0.25, 0.3) is 0 Å². The average molecular weight is 310 g/mol. The average Bonchev–Trinajstić information content (AvgIpc) is 2.95. The van der Waals surface area contributed by atoms with Gasteiger partial charge < -0.3 is 15.4 Å². The minimum Gasteiger partial charge on any atom is -0.383 e. The van der Waals surface area contributed by atoms with Gasteiger partial charge in [0.15, 0.2) is 0 Å². The van der Waals surface area contributed by atoms with Crippen LogP contribution >= 0.6 is 11.3 Å². The number of nitrogens with zero attached hydrogens (tertiary/aromatic N) is 2. The second-order valence-corrected chi connectivity index (χ2v) is 5.09. The molecule has 0 fully saturated rings. The maximum absolute atomic E-state index is 11.6. The van der Waals surface area contributed by atoms with Crippen molar-refractivity contribution in [2.45, 2.75) is 6.42 Å². The fourth-order valence-corrected chi connectivity index (χ4v) is 2.49. The number of hydrogen-bond donors (Lipinski definition) is 4. The molecule has 9 heteroatoms. The van der Waals surface area contributed by atoms with Crippen molar-refractivity contribution in [3.05, 3.63) is 11.4 Å². The molecule has 2 aromatic heterocycles.